The molecule has 0 radical (unpaired) electrons. The Bertz CT molecular complexity index is 1060. The van der Waals surface area contributed by atoms with Crippen LogP contribution in [0.15, 0.2) is 53.4 Å². The molecule has 0 aliphatic carbocycles. The minimum atomic E-state index is -3.46. The van der Waals surface area contributed by atoms with Gasteiger partial charge in [0.1, 0.15) is 5.75 Å². The molecule has 8 nitrogen and oxygen atoms in total. The fraction of sp³-hybridized carbons (Fsp3) is 0.417. The Kier molecular flexibility index (Phi) is 8.46. The zero-order valence-corrected chi connectivity index (χ0v) is 19.9. The van der Waals surface area contributed by atoms with E-state index in [1.807, 2.05) is 0 Å². The topological polar surface area (TPSA) is 96.0 Å². The van der Waals surface area contributed by atoms with Gasteiger partial charge in [0.15, 0.2) is 0 Å². The largest absolute Gasteiger partial charge is 0.497 e. The number of nitrogens with one attached hydrogen (secondary N) is 1. The molecule has 1 aliphatic rings. The van der Waals surface area contributed by atoms with E-state index in [-0.39, 0.29) is 29.7 Å². The first-order valence-corrected chi connectivity index (χ1v) is 12.5. The smallest absolute Gasteiger partial charge is 0.243 e. The molecule has 2 aromatic rings. The number of amides is 2. The Labute approximate surface area is 195 Å². The Hall–Kier alpha value is -2.91. The number of sulfonamides is 1. The van der Waals surface area contributed by atoms with Crippen molar-refractivity contribution in [2.45, 2.75) is 37.0 Å². The second-order valence-electron chi connectivity index (χ2n) is 8.14. The molecule has 0 aromatic heterocycles. The average Bonchev–Trinajstić information content (AvgIpc) is 2.83. The van der Waals surface area contributed by atoms with Crippen LogP contribution < -0.4 is 10.1 Å². The molecule has 1 fully saturated rings. The van der Waals surface area contributed by atoms with Crippen LogP contribution in [0.5, 0.6) is 5.75 Å². The van der Waals surface area contributed by atoms with E-state index in [2.05, 4.69) is 5.32 Å². The fourth-order valence-electron chi connectivity index (χ4n) is 3.73. The second kappa shape index (κ2) is 11.3. The van der Waals surface area contributed by atoms with Gasteiger partial charge in [-0.1, -0.05) is 24.6 Å². The molecule has 33 heavy (non-hydrogen) atoms. The van der Waals surface area contributed by atoms with Crippen LogP contribution in [-0.2, 0) is 26.0 Å². The van der Waals surface area contributed by atoms with Gasteiger partial charge in [0.2, 0.25) is 21.8 Å². The first-order valence-electron chi connectivity index (χ1n) is 11.1. The Morgan fingerprint density at radius 1 is 1.06 bits per heavy atom. The predicted molar refractivity (Wildman–Crippen MR) is 127 cm³/mol. The number of methoxy groups -OCH3 is 1. The van der Waals surface area contributed by atoms with Crippen molar-refractivity contribution >= 4 is 27.5 Å². The van der Waals surface area contributed by atoms with E-state index in [9.17, 15) is 18.0 Å². The van der Waals surface area contributed by atoms with Crippen LogP contribution in [0.1, 0.15) is 31.2 Å². The first-order chi connectivity index (χ1) is 15.8. The summed E-state index contributed by atoms with van der Waals surface area (Å²) in [7, 11) is -0.326. The number of piperidine rings is 1. The number of carbonyl (C=O) groups is 2. The maximum atomic E-state index is 12.7. The lowest BCUT2D eigenvalue weighted by Crippen LogP contribution is -2.35. The molecule has 0 atom stereocenters. The zero-order chi connectivity index (χ0) is 23.8. The van der Waals surface area contributed by atoms with E-state index < -0.39 is 10.0 Å². The third-order valence-corrected chi connectivity index (χ3v) is 7.58. The molecule has 9 heteroatoms. The lowest BCUT2D eigenvalue weighted by Gasteiger charge is -2.25. The van der Waals surface area contributed by atoms with E-state index in [4.69, 9.17) is 4.74 Å². The monoisotopic (exact) mass is 473 g/mol. The van der Waals surface area contributed by atoms with Crippen LogP contribution in [0.2, 0.25) is 0 Å². The molecule has 2 amide bonds. The molecule has 3 rings (SSSR count). The summed E-state index contributed by atoms with van der Waals surface area (Å²) in [5.41, 5.74) is 1.47. The van der Waals surface area contributed by atoms with Crippen LogP contribution >= 0.6 is 0 Å². The van der Waals surface area contributed by atoms with Crippen LogP contribution in [0.4, 0.5) is 5.69 Å². The van der Waals surface area contributed by atoms with E-state index in [1.165, 1.54) is 4.90 Å². The third kappa shape index (κ3) is 6.79. The van der Waals surface area contributed by atoms with Crippen molar-refractivity contribution in [3.63, 3.8) is 0 Å². The second-order valence-corrected chi connectivity index (χ2v) is 10.1. The van der Waals surface area contributed by atoms with Gasteiger partial charge >= 0.3 is 0 Å². The highest BCUT2D eigenvalue weighted by Crippen LogP contribution is 2.21. The molecular formula is C24H31N3O5S. The number of benzene rings is 2. The number of nitrogens with zero attached hydrogens (tertiary/aromatic N) is 2. The predicted octanol–water partition coefficient (Wildman–Crippen LogP) is 2.90. The van der Waals surface area contributed by atoms with Gasteiger partial charge in [-0.2, -0.15) is 4.31 Å². The molecule has 0 bridgehead atoms. The van der Waals surface area contributed by atoms with Gasteiger partial charge in [-0.15, -0.1) is 0 Å². The summed E-state index contributed by atoms with van der Waals surface area (Å²) in [6.45, 7) is 1.07. The molecule has 0 spiro atoms. The molecular weight excluding hydrogens is 442 g/mol. The molecule has 1 aliphatic heterocycles. The van der Waals surface area contributed by atoms with Crippen molar-refractivity contribution in [2.75, 3.05) is 39.1 Å². The SMILES string of the molecule is COc1cccc(NC(=O)CN(C)C(=O)CCc2ccc(S(=O)(=O)N3CCCCC3)cc2)c1. The van der Waals surface area contributed by atoms with Crippen molar-refractivity contribution in [3.05, 3.63) is 54.1 Å². The van der Waals surface area contributed by atoms with Crippen LogP contribution in [0.25, 0.3) is 0 Å². The number of rotatable bonds is 9. The van der Waals surface area contributed by atoms with Crippen LogP contribution in [-0.4, -0.2) is 63.2 Å². The molecule has 1 saturated heterocycles. The van der Waals surface area contributed by atoms with Crippen molar-refractivity contribution in [3.8, 4) is 5.75 Å². The quantitative estimate of drug-likeness (QED) is 0.604. The number of ether oxygens (including phenoxy) is 1. The number of hydrogen-bond donors (Lipinski definition) is 1. The number of likely N-dealkylation sites (N-methyl/N-ethyl adjacent to an activating group) is 1. The van der Waals surface area contributed by atoms with Gasteiger partial charge in [-0.25, -0.2) is 8.42 Å². The maximum absolute atomic E-state index is 12.7. The number of hydrogen-bond acceptors (Lipinski definition) is 5. The van der Waals surface area contributed by atoms with Crippen molar-refractivity contribution < 1.29 is 22.7 Å². The van der Waals surface area contributed by atoms with Gasteiger partial charge in [-0.05, 0) is 49.1 Å². The van der Waals surface area contributed by atoms with E-state index in [0.29, 0.717) is 30.9 Å². The van der Waals surface area contributed by atoms with E-state index >= 15 is 0 Å². The minimum Gasteiger partial charge on any atom is -0.497 e. The highest BCUT2D eigenvalue weighted by Gasteiger charge is 2.25. The molecule has 1 heterocycles. The fourth-order valence-corrected chi connectivity index (χ4v) is 5.25. The zero-order valence-electron chi connectivity index (χ0n) is 19.1. The number of anilines is 1. The summed E-state index contributed by atoms with van der Waals surface area (Å²) in [6, 6.07) is 13.7. The van der Waals surface area contributed by atoms with Crippen molar-refractivity contribution in [1.82, 2.24) is 9.21 Å². The molecule has 0 unspecified atom stereocenters. The Morgan fingerprint density at radius 3 is 2.42 bits per heavy atom. The van der Waals surface area contributed by atoms with Gasteiger partial charge in [0.25, 0.3) is 0 Å². The highest BCUT2D eigenvalue weighted by atomic mass is 32.2. The summed E-state index contributed by atoms with van der Waals surface area (Å²) in [5.74, 6) is 0.166. The average molecular weight is 474 g/mol. The summed E-state index contributed by atoms with van der Waals surface area (Å²) >= 11 is 0. The standard InChI is InChI=1S/C24H31N3O5S/c1-26(18-23(28)25-20-7-6-8-21(17-20)32-2)24(29)14-11-19-9-12-22(13-10-19)33(30,31)27-15-4-3-5-16-27/h6-10,12-13,17H,3-5,11,14-16,18H2,1-2H3,(H,25,28). The van der Waals surface area contributed by atoms with Gasteiger partial charge in [0.05, 0.1) is 18.6 Å². The minimum absolute atomic E-state index is 0.0664. The highest BCUT2D eigenvalue weighted by molar-refractivity contribution is 7.89. The van der Waals surface area contributed by atoms with Crippen molar-refractivity contribution in [1.29, 1.82) is 0 Å². The van der Waals surface area contributed by atoms with Gasteiger partial charge in [0, 0.05) is 38.3 Å². The summed E-state index contributed by atoms with van der Waals surface area (Å²) in [5, 5.41) is 2.75. The molecule has 0 saturated carbocycles. The molecule has 178 valence electrons. The summed E-state index contributed by atoms with van der Waals surface area (Å²) in [6.07, 6.45) is 3.54. The molecule has 2 aromatic carbocycles. The maximum Gasteiger partial charge on any atom is 0.243 e. The summed E-state index contributed by atoms with van der Waals surface area (Å²) in [4.78, 5) is 26.4. The first kappa shape index (κ1) is 24.7. The van der Waals surface area contributed by atoms with Crippen LogP contribution in [0, 0.1) is 0 Å². The third-order valence-electron chi connectivity index (χ3n) is 5.66. The Morgan fingerprint density at radius 2 is 1.76 bits per heavy atom. The van der Waals surface area contributed by atoms with Gasteiger partial charge in [-0.3, -0.25) is 9.59 Å². The number of aryl methyl sites for hydroxylation is 1. The van der Waals surface area contributed by atoms with Gasteiger partial charge < -0.3 is 15.0 Å². The van der Waals surface area contributed by atoms with E-state index in [1.54, 1.807) is 67.0 Å². The normalized spacial score (nSPS) is 14.5. The molecule has 1 N–H and O–H groups in total. The van der Waals surface area contributed by atoms with E-state index in [0.717, 1.165) is 24.8 Å². The lowest BCUT2D eigenvalue weighted by molar-refractivity contribution is -0.133. The van der Waals surface area contributed by atoms with Crippen molar-refractivity contribution in [2.24, 2.45) is 0 Å². The summed E-state index contributed by atoms with van der Waals surface area (Å²) < 4.78 is 32.2. The Balaban J connectivity index is 1.48. The number of carbonyl (C=O) groups excluding carboxylic acids is 2. The van der Waals surface area contributed by atoms with Crippen LogP contribution in [0.3, 0.4) is 0 Å². The lowest BCUT2D eigenvalue weighted by atomic mass is 10.1.